The summed E-state index contributed by atoms with van der Waals surface area (Å²) >= 11 is 0. The molecule has 206 valence electrons. The minimum Gasteiger partial charge on any atom is -0.454 e. The van der Waals surface area contributed by atoms with E-state index in [4.69, 9.17) is 9.47 Å². The number of ketones is 1. The third kappa shape index (κ3) is 10.6. The Labute approximate surface area is 226 Å². The maximum atomic E-state index is 12.6. The monoisotopic (exact) mass is 523 g/mol. The van der Waals surface area contributed by atoms with Crippen LogP contribution in [0, 0.1) is 0 Å². The largest absolute Gasteiger partial charge is 0.454 e. The van der Waals surface area contributed by atoms with Gasteiger partial charge in [-0.2, -0.15) is 0 Å². The van der Waals surface area contributed by atoms with E-state index in [2.05, 4.69) is 11.9 Å². The van der Waals surface area contributed by atoms with Crippen molar-refractivity contribution in [2.75, 3.05) is 0 Å². The second-order valence-electron chi connectivity index (χ2n) is 10.6. The van der Waals surface area contributed by atoms with Crippen molar-refractivity contribution in [1.82, 2.24) is 5.32 Å². The lowest BCUT2D eigenvalue weighted by Crippen LogP contribution is -2.46. The fraction of sp³-hybridized carbons (Fsp3) is 0.452. The van der Waals surface area contributed by atoms with Crippen LogP contribution in [0.3, 0.4) is 0 Å². The highest BCUT2D eigenvalue weighted by Gasteiger charge is 2.40. The normalized spacial score (nSPS) is 33.3. The van der Waals surface area contributed by atoms with E-state index < -0.39 is 35.4 Å². The Kier molecular flexibility index (Phi) is 11.4. The molecular weight excluding hydrogens is 482 g/mol. The molecule has 1 unspecified atom stereocenters. The van der Waals surface area contributed by atoms with Crippen LogP contribution in [0.4, 0.5) is 0 Å². The van der Waals surface area contributed by atoms with Crippen LogP contribution < -0.4 is 5.32 Å². The number of rotatable bonds is 4. The summed E-state index contributed by atoms with van der Waals surface area (Å²) in [7, 11) is 0. The van der Waals surface area contributed by atoms with Gasteiger partial charge in [-0.05, 0) is 53.5 Å². The molecule has 4 atom stereocenters. The summed E-state index contributed by atoms with van der Waals surface area (Å²) in [6.07, 6.45) is 15.8. The lowest BCUT2D eigenvalue weighted by Gasteiger charge is -2.45. The number of hydrogen-bond acceptors (Lipinski definition) is 6. The number of fused-ring (bicyclic) bond motifs is 2. The molecule has 1 amide bonds. The number of carbonyl (C=O) groups excluding carboxylic acids is 3. The van der Waals surface area contributed by atoms with E-state index in [1.807, 2.05) is 39.8 Å². The van der Waals surface area contributed by atoms with Gasteiger partial charge in [0, 0.05) is 31.4 Å². The zero-order chi connectivity index (χ0) is 28.3. The van der Waals surface area contributed by atoms with Gasteiger partial charge in [0.05, 0.1) is 11.2 Å². The first-order valence-corrected chi connectivity index (χ1v) is 12.9. The maximum absolute atomic E-state index is 12.6. The van der Waals surface area contributed by atoms with Gasteiger partial charge in [0.2, 0.25) is 5.91 Å². The Morgan fingerprint density at radius 2 is 1.92 bits per heavy atom. The standard InChI is InChI=1S/C31H41NO6/c1-7-8-9-14-27(34)32-29(36)26-18-23(3)19-31(6)21-24(4)20-30(5,38-31)16-11-13-25(33)17-22(2)12-10-15-28(35)37-26/h7-15,19,26,29,36H,4,16-18,20-21H2,1-3,5-6H3,(H,32,34)/b8-7+,13-11+,14-9-,15-10+,22-12-,23-19+/t26?,29-,30-,31+/m1/s1. The number of nitrogens with one attached hydrogen (secondary N) is 1. The summed E-state index contributed by atoms with van der Waals surface area (Å²) in [6, 6.07) is 0. The molecule has 2 aliphatic rings. The first-order chi connectivity index (χ1) is 17.8. The van der Waals surface area contributed by atoms with Crippen molar-refractivity contribution in [3.05, 3.63) is 84.1 Å². The maximum Gasteiger partial charge on any atom is 0.331 e. The van der Waals surface area contributed by atoms with Gasteiger partial charge in [0.25, 0.3) is 0 Å². The van der Waals surface area contributed by atoms with Crippen molar-refractivity contribution in [3.63, 3.8) is 0 Å². The summed E-state index contributed by atoms with van der Waals surface area (Å²) in [4.78, 5) is 37.2. The van der Waals surface area contributed by atoms with Gasteiger partial charge in [0.1, 0.15) is 0 Å². The molecule has 0 aromatic rings. The summed E-state index contributed by atoms with van der Waals surface area (Å²) in [6.45, 7) is 13.7. The molecule has 7 nitrogen and oxygen atoms in total. The van der Waals surface area contributed by atoms with Gasteiger partial charge in [-0.1, -0.05) is 65.8 Å². The molecule has 0 saturated carbocycles. The predicted octanol–water partition coefficient (Wildman–Crippen LogP) is 5.11. The van der Waals surface area contributed by atoms with E-state index in [-0.39, 0.29) is 18.6 Å². The minimum absolute atomic E-state index is 0.0463. The molecule has 2 rings (SSSR count). The predicted molar refractivity (Wildman–Crippen MR) is 149 cm³/mol. The third-order valence-corrected chi connectivity index (χ3v) is 6.16. The highest BCUT2D eigenvalue weighted by molar-refractivity contribution is 5.91. The Morgan fingerprint density at radius 1 is 1.18 bits per heavy atom. The van der Waals surface area contributed by atoms with E-state index >= 15 is 0 Å². The van der Waals surface area contributed by atoms with Crippen molar-refractivity contribution in [2.45, 2.75) is 90.3 Å². The second kappa shape index (κ2) is 14.0. The molecule has 2 bridgehead atoms. The Bertz CT molecular complexity index is 1090. The van der Waals surface area contributed by atoms with Crippen molar-refractivity contribution in [3.8, 4) is 0 Å². The van der Waals surface area contributed by atoms with E-state index in [1.54, 1.807) is 37.3 Å². The van der Waals surface area contributed by atoms with E-state index in [9.17, 15) is 19.5 Å². The zero-order valence-electron chi connectivity index (χ0n) is 23.2. The van der Waals surface area contributed by atoms with Crippen molar-refractivity contribution < 1.29 is 29.0 Å². The van der Waals surface area contributed by atoms with E-state index in [0.29, 0.717) is 19.3 Å². The van der Waals surface area contributed by atoms with Gasteiger partial charge in [-0.25, -0.2) is 4.79 Å². The number of hydrogen-bond donors (Lipinski definition) is 2. The third-order valence-electron chi connectivity index (χ3n) is 6.16. The number of esters is 1. The van der Waals surface area contributed by atoms with Crippen LogP contribution in [0.25, 0.3) is 0 Å². The number of amides is 1. The smallest absolute Gasteiger partial charge is 0.331 e. The quantitative estimate of drug-likeness (QED) is 0.175. The lowest BCUT2D eigenvalue weighted by molar-refractivity contribution is -0.152. The first kappa shape index (κ1) is 30.9. The molecule has 1 saturated heterocycles. The average molecular weight is 524 g/mol. The Hall–Kier alpha value is -3.29. The highest BCUT2D eigenvalue weighted by atomic mass is 16.6. The van der Waals surface area contributed by atoms with Crippen LogP contribution in [0.1, 0.15) is 66.7 Å². The van der Waals surface area contributed by atoms with Crippen LogP contribution >= 0.6 is 0 Å². The molecule has 38 heavy (non-hydrogen) atoms. The molecule has 2 aliphatic heterocycles. The second-order valence-corrected chi connectivity index (χ2v) is 10.6. The van der Waals surface area contributed by atoms with Crippen LogP contribution in [-0.4, -0.2) is 46.3 Å². The van der Waals surface area contributed by atoms with E-state index in [1.165, 1.54) is 18.2 Å². The topological polar surface area (TPSA) is 102 Å². The number of allylic oxidation sites excluding steroid dienone is 7. The van der Waals surface area contributed by atoms with Crippen LogP contribution in [0.2, 0.25) is 0 Å². The molecule has 2 heterocycles. The number of cyclic esters (lactones) is 1. The fourth-order valence-corrected chi connectivity index (χ4v) is 4.89. The summed E-state index contributed by atoms with van der Waals surface area (Å²) < 4.78 is 12.1. The highest BCUT2D eigenvalue weighted by Crippen LogP contribution is 2.41. The molecule has 0 aliphatic carbocycles. The van der Waals surface area contributed by atoms with Crippen molar-refractivity contribution in [1.29, 1.82) is 0 Å². The summed E-state index contributed by atoms with van der Waals surface area (Å²) in [5.74, 6) is -1.25. The molecular formula is C31H41NO6. The SMILES string of the molecule is C=C1C[C@@]2(C)C/C=C/C(=O)C/C(C)=C\C=C\C(=O)OC([C@@H](O)NC(=O)/C=C\C=C\C)C/C(C)=C/[C@@](C)(C1)O2. The molecule has 0 radical (unpaired) electrons. The number of ether oxygens (including phenoxy) is 2. The van der Waals surface area contributed by atoms with Crippen LogP contribution in [0.5, 0.6) is 0 Å². The average Bonchev–Trinajstić information content (AvgIpc) is 2.76. The lowest BCUT2D eigenvalue weighted by atomic mass is 9.81. The fourth-order valence-electron chi connectivity index (χ4n) is 4.89. The molecule has 1 fully saturated rings. The number of aliphatic hydroxyl groups excluding tert-OH is 1. The molecule has 2 N–H and O–H groups in total. The minimum atomic E-state index is -1.44. The van der Waals surface area contributed by atoms with E-state index in [0.717, 1.165) is 16.7 Å². The zero-order valence-corrected chi connectivity index (χ0v) is 23.2. The Balaban J connectivity index is 2.40. The molecule has 0 aromatic heterocycles. The van der Waals surface area contributed by atoms with Crippen molar-refractivity contribution in [2.24, 2.45) is 0 Å². The van der Waals surface area contributed by atoms with Gasteiger partial charge >= 0.3 is 5.97 Å². The van der Waals surface area contributed by atoms with Gasteiger partial charge in [-0.15, -0.1) is 0 Å². The van der Waals surface area contributed by atoms with Gasteiger partial charge in [-0.3, -0.25) is 9.59 Å². The Morgan fingerprint density at radius 3 is 2.63 bits per heavy atom. The molecule has 0 spiro atoms. The van der Waals surface area contributed by atoms with Crippen LogP contribution in [-0.2, 0) is 23.9 Å². The van der Waals surface area contributed by atoms with Crippen LogP contribution in [0.15, 0.2) is 84.1 Å². The van der Waals surface area contributed by atoms with Gasteiger partial charge in [0.15, 0.2) is 18.1 Å². The molecule has 7 heteroatoms. The number of aliphatic hydroxyl groups is 1. The first-order valence-electron chi connectivity index (χ1n) is 12.9. The summed E-state index contributed by atoms with van der Waals surface area (Å²) in [5.41, 5.74) is 1.39. The summed E-state index contributed by atoms with van der Waals surface area (Å²) in [5, 5.41) is 13.2. The van der Waals surface area contributed by atoms with Gasteiger partial charge < -0.3 is 19.9 Å². The van der Waals surface area contributed by atoms with Crippen molar-refractivity contribution >= 4 is 17.7 Å². The molecule has 0 aromatic carbocycles. The number of carbonyl (C=O) groups is 3.